The molecule has 134 valence electrons. The van der Waals surface area contributed by atoms with Crippen LogP contribution >= 0.6 is 0 Å². The molecule has 0 aromatic rings. The smallest absolute Gasteiger partial charge is 0.307 e. The third kappa shape index (κ3) is 13.7. The minimum atomic E-state index is -0.457. The number of amides is 1. The first-order chi connectivity index (χ1) is 11.0. The molecule has 0 unspecified atom stereocenters. The summed E-state index contributed by atoms with van der Waals surface area (Å²) in [5.41, 5.74) is 5.05. The number of primary amides is 1. The Kier molecular flexibility index (Phi) is 12.9. The molecule has 9 heteroatoms. The number of nitrogens with one attached hydrogen (secondary N) is 1. The van der Waals surface area contributed by atoms with E-state index >= 15 is 0 Å². The van der Waals surface area contributed by atoms with Gasteiger partial charge in [0, 0.05) is 12.5 Å². The summed E-state index contributed by atoms with van der Waals surface area (Å²) in [6.07, 6.45) is 0.336. The standard InChI is InChI=1S/C14H26N2O7/c1-20-13(18)3-5-22-9-11(7-16-8-12(15)17)10-23-6-4-14(19)21-2/h11,16H,3-10H2,1-2H3,(H2,15,17). The first-order valence-electron chi connectivity index (χ1n) is 7.27. The van der Waals surface area contributed by atoms with E-state index in [2.05, 4.69) is 14.8 Å². The molecule has 0 radical (unpaired) electrons. The number of carbonyl (C=O) groups is 3. The molecule has 0 fully saturated rings. The Balaban J connectivity index is 3.99. The summed E-state index contributed by atoms with van der Waals surface area (Å²) in [5.74, 6) is -1.20. The average molecular weight is 334 g/mol. The zero-order chi connectivity index (χ0) is 17.5. The number of rotatable bonds is 14. The second kappa shape index (κ2) is 13.9. The number of hydrogen-bond acceptors (Lipinski definition) is 8. The van der Waals surface area contributed by atoms with Crippen LogP contribution in [0.2, 0.25) is 0 Å². The Bertz CT molecular complexity index is 339. The van der Waals surface area contributed by atoms with Gasteiger partial charge in [0.25, 0.3) is 0 Å². The zero-order valence-corrected chi connectivity index (χ0v) is 13.7. The van der Waals surface area contributed by atoms with Gasteiger partial charge in [-0.3, -0.25) is 14.4 Å². The first kappa shape index (κ1) is 21.3. The van der Waals surface area contributed by atoms with Gasteiger partial charge in [-0.05, 0) is 0 Å². The number of hydrogen-bond donors (Lipinski definition) is 2. The normalized spacial score (nSPS) is 10.6. The molecule has 0 aromatic carbocycles. The fraction of sp³-hybridized carbons (Fsp3) is 0.786. The van der Waals surface area contributed by atoms with Gasteiger partial charge in [-0.2, -0.15) is 0 Å². The van der Waals surface area contributed by atoms with E-state index in [-0.39, 0.29) is 50.5 Å². The molecule has 9 nitrogen and oxygen atoms in total. The van der Waals surface area contributed by atoms with Crippen LogP contribution in [0.4, 0.5) is 0 Å². The van der Waals surface area contributed by atoms with Gasteiger partial charge in [0.05, 0.1) is 60.0 Å². The number of ether oxygens (including phenoxy) is 4. The molecule has 0 spiro atoms. The topological polar surface area (TPSA) is 126 Å². The summed E-state index contributed by atoms with van der Waals surface area (Å²) in [6.45, 7) is 1.66. The molecule has 0 saturated carbocycles. The van der Waals surface area contributed by atoms with Crippen molar-refractivity contribution in [2.75, 3.05) is 53.7 Å². The van der Waals surface area contributed by atoms with Crippen molar-refractivity contribution < 1.29 is 33.3 Å². The Morgan fingerprint density at radius 3 is 1.83 bits per heavy atom. The fourth-order valence-electron chi connectivity index (χ4n) is 1.58. The highest BCUT2D eigenvalue weighted by molar-refractivity contribution is 5.75. The lowest BCUT2D eigenvalue weighted by molar-refractivity contribution is -0.142. The predicted octanol–water partition coefficient (Wildman–Crippen LogP) is -1.16. The van der Waals surface area contributed by atoms with Gasteiger partial charge in [-0.25, -0.2) is 0 Å². The van der Waals surface area contributed by atoms with Crippen molar-refractivity contribution >= 4 is 17.8 Å². The second-order valence-electron chi connectivity index (χ2n) is 4.77. The van der Waals surface area contributed by atoms with E-state index in [1.807, 2.05) is 0 Å². The highest BCUT2D eigenvalue weighted by Gasteiger charge is 2.11. The van der Waals surface area contributed by atoms with Crippen LogP contribution in [0.1, 0.15) is 12.8 Å². The number of methoxy groups -OCH3 is 2. The summed E-state index contributed by atoms with van der Waals surface area (Å²) in [4.78, 5) is 32.7. The number of esters is 2. The van der Waals surface area contributed by atoms with E-state index in [0.29, 0.717) is 19.8 Å². The summed E-state index contributed by atoms with van der Waals surface area (Å²) < 4.78 is 19.8. The Morgan fingerprint density at radius 2 is 1.43 bits per heavy atom. The minimum absolute atomic E-state index is 0.0513. The van der Waals surface area contributed by atoms with E-state index in [9.17, 15) is 14.4 Å². The molecule has 1 amide bonds. The zero-order valence-electron chi connectivity index (χ0n) is 13.7. The maximum Gasteiger partial charge on any atom is 0.307 e. The Labute approximate surface area is 135 Å². The Morgan fingerprint density at radius 1 is 0.957 bits per heavy atom. The van der Waals surface area contributed by atoms with Gasteiger partial charge in [-0.15, -0.1) is 0 Å². The van der Waals surface area contributed by atoms with E-state index in [1.165, 1.54) is 14.2 Å². The number of nitrogens with two attached hydrogens (primary N) is 1. The van der Waals surface area contributed by atoms with E-state index in [1.54, 1.807) is 0 Å². The molecule has 0 aliphatic rings. The average Bonchev–Trinajstić information content (AvgIpc) is 2.53. The van der Waals surface area contributed by atoms with Crippen LogP contribution in [0.15, 0.2) is 0 Å². The molecule has 0 aliphatic carbocycles. The third-order valence-electron chi connectivity index (χ3n) is 2.80. The monoisotopic (exact) mass is 334 g/mol. The van der Waals surface area contributed by atoms with Gasteiger partial charge in [0.1, 0.15) is 0 Å². The highest BCUT2D eigenvalue weighted by Crippen LogP contribution is 2.00. The van der Waals surface area contributed by atoms with Crippen LogP contribution in [0.5, 0.6) is 0 Å². The van der Waals surface area contributed by atoms with Crippen molar-refractivity contribution in [3.63, 3.8) is 0 Å². The Hall–Kier alpha value is -1.71. The summed E-state index contributed by atoms with van der Waals surface area (Å²) in [5, 5.41) is 2.89. The molecule has 3 N–H and O–H groups in total. The largest absolute Gasteiger partial charge is 0.469 e. The van der Waals surface area contributed by atoms with E-state index < -0.39 is 5.91 Å². The lowest BCUT2D eigenvalue weighted by Crippen LogP contribution is -2.35. The van der Waals surface area contributed by atoms with Crippen LogP contribution in [0.3, 0.4) is 0 Å². The maximum absolute atomic E-state index is 11.0. The van der Waals surface area contributed by atoms with Crippen LogP contribution < -0.4 is 11.1 Å². The van der Waals surface area contributed by atoms with Crippen LogP contribution in [0, 0.1) is 5.92 Å². The van der Waals surface area contributed by atoms with Gasteiger partial charge < -0.3 is 30.0 Å². The molecule has 23 heavy (non-hydrogen) atoms. The van der Waals surface area contributed by atoms with Crippen molar-refractivity contribution in [3.05, 3.63) is 0 Å². The van der Waals surface area contributed by atoms with Crippen molar-refractivity contribution in [1.29, 1.82) is 0 Å². The van der Waals surface area contributed by atoms with Crippen molar-refractivity contribution in [3.8, 4) is 0 Å². The van der Waals surface area contributed by atoms with E-state index in [4.69, 9.17) is 15.2 Å². The summed E-state index contributed by atoms with van der Waals surface area (Å²) in [7, 11) is 2.63. The molecular weight excluding hydrogens is 308 g/mol. The van der Waals surface area contributed by atoms with Gasteiger partial charge in [0.2, 0.25) is 5.91 Å². The summed E-state index contributed by atoms with van der Waals surface area (Å²) in [6, 6.07) is 0. The molecule has 0 bridgehead atoms. The van der Waals surface area contributed by atoms with Gasteiger partial charge in [-0.1, -0.05) is 0 Å². The maximum atomic E-state index is 11.0. The molecule has 0 saturated heterocycles. The van der Waals surface area contributed by atoms with E-state index in [0.717, 1.165) is 0 Å². The first-order valence-corrected chi connectivity index (χ1v) is 7.27. The molecular formula is C14H26N2O7. The van der Waals surface area contributed by atoms with Crippen LogP contribution in [-0.4, -0.2) is 71.6 Å². The number of carbonyl (C=O) groups excluding carboxylic acids is 3. The summed E-state index contributed by atoms with van der Waals surface area (Å²) >= 11 is 0. The lowest BCUT2D eigenvalue weighted by Gasteiger charge is -2.17. The molecule has 0 atom stereocenters. The predicted molar refractivity (Wildman–Crippen MR) is 80.5 cm³/mol. The second-order valence-corrected chi connectivity index (χ2v) is 4.77. The lowest BCUT2D eigenvalue weighted by atomic mass is 10.2. The van der Waals surface area contributed by atoms with Gasteiger partial charge >= 0.3 is 11.9 Å². The SMILES string of the molecule is COC(=O)CCOCC(CNCC(N)=O)COCCC(=O)OC. The molecule has 0 rings (SSSR count). The fourth-order valence-corrected chi connectivity index (χ4v) is 1.58. The highest BCUT2D eigenvalue weighted by atomic mass is 16.5. The molecule has 0 aliphatic heterocycles. The van der Waals surface area contributed by atoms with Crippen LogP contribution in [0.25, 0.3) is 0 Å². The quantitative estimate of drug-likeness (QED) is 0.301. The van der Waals surface area contributed by atoms with Crippen molar-refractivity contribution in [1.82, 2.24) is 5.32 Å². The third-order valence-corrected chi connectivity index (χ3v) is 2.80. The van der Waals surface area contributed by atoms with Crippen molar-refractivity contribution in [2.45, 2.75) is 12.8 Å². The van der Waals surface area contributed by atoms with Crippen LogP contribution in [-0.2, 0) is 33.3 Å². The molecule has 0 heterocycles. The van der Waals surface area contributed by atoms with Crippen molar-refractivity contribution in [2.24, 2.45) is 11.7 Å². The minimum Gasteiger partial charge on any atom is -0.469 e. The molecule has 0 aromatic heterocycles. The van der Waals surface area contributed by atoms with Gasteiger partial charge in [0.15, 0.2) is 0 Å².